The zero-order chi connectivity index (χ0) is 11.8. The van der Waals surface area contributed by atoms with Gasteiger partial charge in [-0.25, -0.2) is 0 Å². The summed E-state index contributed by atoms with van der Waals surface area (Å²) in [4.78, 5) is 0. The first-order chi connectivity index (χ1) is 7.47. The van der Waals surface area contributed by atoms with Crippen molar-refractivity contribution < 1.29 is 9.47 Å². The van der Waals surface area contributed by atoms with Gasteiger partial charge in [-0.05, 0) is 17.9 Å². The first-order valence-corrected chi connectivity index (χ1v) is 5.84. The Morgan fingerprint density at radius 3 is 2.19 bits per heavy atom. The van der Waals surface area contributed by atoms with Gasteiger partial charge in [-0.15, -0.1) is 0 Å². The highest BCUT2D eigenvalue weighted by molar-refractivity contribution is 5.28. The molecular formula is C14H20O2. The van der Waals surface area contributed by atoms with Crippen molar-refractivity contribution in [2.75, 3.05) is 6.61 Å². The number of hydrogen-bond acceptors (Lipinski definition) is 2. The number of hydrogen-bond donors (Lipinski definition) is 0. The molecule has 0 saturated carbocycles. The predicted octanol–water partition coefficient (Wildman–Crippen LogP) is 3.42. The molecule has 0 radical (unpaired) electrons. The third kappa shape index (κ3) is 2.45. The molecule has 1 aromatic carbocycles. The molecule has 1 saturated heterocycles. The van der Waals surface area contributed by atoms with Crippen molar-refractivity contribution in [3.63, 3.8) is 0 Å². The maximum absolute atomic E-state index is 5.65. The summed E-state index contributed by atoms with van der Waals surface area (Å²) in [6.45, 7) is 9.36. The van der Waals surface area contributed by atoms with Gasteiger partial charge in [0.15, 0.2) is 6.29 Å². The molecule has 0 N–H and O–H groups in total. The standard InChI is InChI=1S/C14H20O2/c1-10-9-15-13(16-10)11-5-7-12(8-6-11)14(2,3)4/h5-8,10,13H,9H2,1-4H3. The minimum atomic E-state index is -0.177. The van der Waals surface area contributed by atoms with Crippen LogP contribution in [0.5, 0.6) is 0 Å². The van der Waals surface area contributed by atoms with Gasteiger partial charge in [0.25, 0.3) is 0 Å². The van der Waals surface area contributed by atoms with E-state index in [1.807, 2.05) is 6.92 Å². The topological polar surface area (TPSA) is 18.5 Å². The first kappa shape index (κ1) is 11.6. The Balaban J connectivity index is 2.14. The molecule has 0 amide bonds. The van der Waals surface area contributed by atoms with E-state index >= 15 is 0 Å². The largest absolute Gasteiger partial charge is 0.346 e. The van der Waals surface area contributed by atoms with Gasteiger partial charge in [-0.2, -0.15) is 0 Å². The smallest absolute Gasteiger partial charge is 0.184 e. The second-order valence-corrected chi connectivity index (χ2v) is 5.48. The van der Waals surface area contributed by atoms with Crippen LogP contribution in [0.15, 0.2) is 24.3 Å². The molecule has 0 bridgehead atoms. The Labute approximate surface area is 97.6 Å². The average molecular weight is 220 g/mol. The lowest BCUT2D eigenvalue weighted by atomic mass is 9.87. The van der Waals surface area contributed by atoms with Crippen LogP contribution in [0.25, 0.3) is 0 Å². The van der Waals surface area contributed by atoms with Gasteiger partial charge < -0.3 is 9.47 Å². The molecule has 2 nitrogen and oxygen atoms in total. The zero-order valence-electron chi connectivity index (χ0n) is 10.5. The van der Waals surface area contributed by atoms with Crippen LogP contribution < -0.4 is 0 Å². The average Bonchev–Trinajstić information content (AvgIpc) is 2.64. The van der Waals surface area contributed by atoms with Gasteiger partial charge in [0.2, 0.25) is 0 Å². The molecule has 88 valence electrons. The summed E-state index contributed by atoms with van der Waals surface area (Å²) in [5, 5.41) is 0. The molecule has 16 heavy (non-hydrogen) atoms. The zero-order valence-corrected chi connectivity index (χ0v) is 10.5. The summed E-state index contributed by atoms with van der Waals surface area (Å²) in [7, 11) is 0. The summed E-state index contributed by atoms with van der Waals surface area (Å²) >= 11 is 0. The van der Waals surface area contributed by atoms with Gasteiger partial charge in [0, 0.05) is 5.56 Å². The fourth-order valence-electron chi connectivity index (χ4n) is 1.83. The van der Waals surface area contributed by atoms with Crippen LogP contribution in [0, 0.1) is 0 Å². The lowest BCUT2D eigenvalue weighted by Gasteiger charge is -2.20. The number of rotatable bonds is 1. The summed E-state index contributed by atoms with van der Waals surface area (Å²) in [5.74, 6) is 0. The first-order valence-electron chi connectivity index (χ1n) is 5.84. The molecule has 0 spiro atoms. The molecule has 2 heteroatoms. The van der Waals surface area contributed by atoms with Crippen LogP contribution >= 0.6 is 0 Å². The van der Waals surface area contributed by atoms with Crippen LogP contribution in [0.3, 0.4) is 0 Å². The lowest BCUT2D eigenvalue weighted by molar-refractivity contribution is -0.0572. The van der Waals surface area contributed by atoms with E-state index in [9.17, 15) is 0 Å². The van der Waals surface area contributed by atoms with Gasteiger partial charge in [-0.1, -0.05) is 45.0 Å². The van der Waals surface area contributed by atoms with Crippen LogP contribution in [0.2, 0.25) is 0 Å². The van der Waals surface area contributed by atoms with E-state index in [0.29, 0.717) is 6.61 Å². The predicted molar refractivity (Wildman–Crippen MR) is 64.4 cm³/mol. The van der Waals surface area contributed by atoms with E-state index in [1.165, 1.54) is 5.56 Å². The van der Waals surface area contributed by atoms with Crippen LogP contribution in [0.1, 0.15) is 45.1 Å². The molecule has 2 atom stereocenters. The van der Waals surface area contributed by atoms with Crippen LogP contribution in [0.4, 0.5) is 0 Å². The SMILES string of the molecule is CC1COC(c2ccc(C(C)(C)C)cc2)O1. The summed E-state index contributed by atoms with van der Waals surface area (Å²) in [5.41, 5.74) is 2.64. The Morgan fingerprint density at radius 1 is 1.12 bits per heavy atom. The summed E-state index contributed by atoms with van der Waals surface area (Å²) in [6, 6.07) is 8.52. The quantitative estimate of drug-likeness (QED) is 0.722. The van der Waals surface area contributed by atoms with Crippen LogP contribution in [-0.2, 0) is 14.9 Å². The molecule has 0 aliphatic carbocycles. The number of benzene rings is 1. The second-order valence-electron chi connectivity index (χ2n) is 5.48. The molecule has 0 aromatic heterocycles. The van der Waals surface area contributed by atoms with Crippen molar-refractivity contribution in [3.05, 3.63) is 35.4 Å². The Kier molecular flexibility index (Phi) is 3.04. The normalized spacial score (nSPS) is 26.0. The van der Waals surface area contributed by atoms with Gasteiger partial charge in [-0.3, -0.25) is 0 Å². The number of ether oxygens (including phenoxy) is 2. The molecule has 1 aliphatic heterocycles. The fourth-order valence-corrected chi connectivity index (χ4v) is 1.83. The third-order valence-corrected chi connectivity index (χ3v) is 2.89. The molecule has 1 aromatic rings. The van der Waals surface area contributed by atoms with E-state index in [0.717, 1.165) is 5.56 Å². The molecule has 2 rings (SSSR count). The van der Waals surface area contributed by atoms with Crippen molar-refractivity contribution in [3.8, 4) is 0 Å². The second kappa shape index (κ2) is 4.19. The van der Waals surface area contributed by atoms with Gasteiger partial charge in [0.1, 0.15) is 0 Å². The van der Waals surface area contributed by atoms with Crippen molar-refractivity contribution in [2.24, 2.45) is 0 Å². The summed E-state index contributed by atoms with van der Waals surface area (Å²) < 4.78 is 11.2. The van der Waals surface area contributed by atoms with E-state index in [-0.39, 0.29) is 17.8 Å². The Bertz CT molecular complexity index is 348. The van der Waals surface area contributed by atoms with Crippen LogP contribution in [-0.4, -0.2) is 12.7 Å². The van der Waals surface area contributed by atoms with Crippen molar-refractivity contribution >= 4 is 0 Å². The van der Waals surface area contributed by atoms with Gasteiger partial charge in [0.05, 0.1) is 12.7 Å². The molecule has 1 fully saturated rings. The van der Waals surface area contributed by atoms with E-state index in [1.54, 1.807) is 0 Å². The summed E-state index contributed by atoms with van der Waals surface area (Å²) in [6.07, 6.45) is 0.0244. The third-order valence-electron chi connectivity index (χ3n) is 2.89. The highest BCUT2D eigenvalue weighted by Gasteiger charge is 2.24. The minimum Gasteiger partial charge on any atom is -0.346 e. The van der Waals surface area contributed by atoms with E-state index < -0.39 is 0 Å². The van der Waals surface area contributed by atoms with Crippen molar-refractivity contribution in [2.45, 2.75) is 45.5 Å². The van der Waals surface area contributed by atoms with Crippen molar-refractivity contribution in [1.82, 2.24) is 0 Å². The minimum absolute atomic E-state index is 0.177. The lowest BCUT2D eigenvalue weighted by Crippen LogP contribution is -2.11. The maximum Gasteiger partial charge on any atom is 0.184 e. The van der Waals surface area contributed by atoms with Gasteiger partial charge >= 0.3 is 0 Å². The van der Waals surface area contributed by atoms with E-state index in [4.69, 9.17) is 9.47 Å². The van der Waals surface area contributed by atoms with E-state index in [2.05, 4.69) is 45.0 Å². The Hall–Kier alpha value is -0.860. The van der Waals surface area contributed by atoms with Crippen molar-refractivity contribution in [1.29, 1.82) is 0 Å². The monoisotopic (exact) mass is 220 g/mol. The molecule has 2 unspecified atom stereocenters. The molecule has 1 aliphatic rings. The molecule has 1 heterocycles. The highest BCUT2D eigenvalue weighted by atomic mass is 16.7. The molecular weight excluding hydrogens is 200 g/mol. The fraction of sp³-hybridized carbons (Fsp3) is 0.571. The maximum atomic E-state index is 5.65. The highest BCUT2D eigenvalue weighted by Crippen LogP contribution is 2.29. The Morgan fingerprint density at radius 2 is 1.75 bits per heavy atom.